The van der Waals surface area contributed by atoms with Crippen molar-refractivity contribution in [2.45, 2.75) is 26.7 Å². The Morgan fingerprint density at radius 1 is 1.24 bits per heavy atom. The Bertz CT molecular complexity index is 749. The number of aromatic nitrogens is 1. The maximum Gasteiger partial charge on any atom is 0.350 e. The quantitative estimate of drug-likeness (QED) is 0.785. The minimum absolute atomic E-state index is 0.120. The molecular weight excluding hydrogens is 336 g/mol. The molecule has 3 rings (SSSR count). The molecule has 25 heavy (non-hydrogen) atoms. The molecule has 0 aliphatic carbocycles. The van der Waals surface area contributed by atoms with E-state index in [4.69, 9.17) is 4.74 Å². The van der Waals surface area contributed by atoms with Crippen LogP contribution in [0.3, 0.4) is 0 Å². The fraction of sp³-hybridized carbons (Fsp3) is 0.421. The van der Waals surface area contributed by atoms with Crippen molar-refractivity contribution in [3.8, 4) is 10.6 Å². The Balaban J connectivity index is 1.60. The Kier molecular flexibility index (Phi) is 5.48. The van der Waals surface area contributed by atoms with E-state index in [1.807, 2.05) is 30.3 Å². The number of benzene rings is 1. The van der Waals surface area contributed by atoms with Gasteiger partial charge in [-0.2, -0.15) is 0 Å². The van der Waals surface area contributed by atoms with Crippen molar-refractivity contribution >= 4 is 23.2 Å². The summed E-state index contributed by atoms with van der Waals surface area (Å²) in [4.78, 5) is 31.2. The Labute approximate surface area is 151 Å². The number of nitrogens with zero attached hydrogens (tertiary/aromatic N) is 2. The number of esters is 1. The molecule has 1 aromatic heterocycles. The second-order valence-corrected chi connectivity index (χ2v) is 7.44. The van der Waals surface area contributed by atoms with Crippen LogP contribution in [-0.4, -0.2) is 41.5 Å². The van der Waals surface area contributed by atoms with E-state index >= 15 is 0 Å². The van der Waals surface area contributed by atoms with Crippen LogP contribution in [0, 0.1) is 12.8 Å². The predicted molar refractivity (Wildman–Crippen MR) is 97.5 cm³/mol. The van der Waals surface area contributed by atoms with Gasteiger partial charge >= 0.3 is 5.97 Å². The van der Waals surface area contributed by atoms with Gasteiger partial charge in [0.25, 0.3) is 5.91 Å². The maximum absolute atomic E-state index is 12.3. The molecule has 1 saturated heterocycles. The zero-order chi connectivity index (χ0) is 17.8. The SMILES string of the molecule is Cc1nc(-c2ccccc2)sc1C(=O)OCC(=O)N1CCC(C)CC1. The topological polar surface area (TPSA) is 59.5 Å². The lowest BCUT2D eigenvalue weighted by Crippen LogP contribution is -2.40. The number of aryl methyl sites for hydroxylation is 1. The van der Waals surface area contributed by atoms with Crippen LogP contribution in [0.4, 0.5) is 0 Å². The number of piperidine rings is 1. The maximum atomic E-state index is 12.3. The van der Waals surface area contributed by atoms with Gasteiger partial charge in [0.15, 0.2) is 6.61 Å². The highest BCUT2D eigenvalue weighted by atomic mass is 32.1. The zero-order valence-electron chi connectivity index (χ0n) is 14.5. The summed E-state index contributed by atoms with van der Waals surface area (Å²) >= 11 is 1.30. The molecule has 6 heteroatoms. The third-order valence-corrected chi connectivity index (χ3v) is 5.65. The molecule has 0 spiro atoms. The van der Waals surface area contributed by atoms with E-state index in [1.165, 1.54) is 11.3 Å². The van der Waals surface area contributed by atoms with Crippen LogP contribution in [-0.2, 0) is 9.53 Å². The lowest BCUT2D eigenvalue weighted by Gasteiger charge is -2.30. The van der Waals surface area contributed by atoms with Crippen molar-refractivity contribution in [1.29, 1.82) is 0 Å². The molecule has 2 aromatic rings. The number of amides is 1. The second kappa shape index (κ2) is 7.78. The fourth-order valence-corrected chi connectivity index (χ4v) is 3.80. The number of hydrogen-bond acceptors (Lipinski definition) is 5. The molecule has 5 nitrogen and oxygen atoms in total. The molecule has 1 aliphatic heterocycles. The van der Waals surface area contributed by atoms with Gasteiger partial charge in [0.2, 0.25) is 0 Å². The number of carbonyl (C=O) groups is 2. The molecule has 2 heterocycles. The van der Waals surface area contributed by atoms with E-state index in [-0.39, 0.29) is 12.5 Å². The van der Waals surface area contributed by atoms with Crippen molar-refractivity contribution in [2.24, 2.45) is 5.92 Å². The molecule has 0 N–H and O–H groups in total. The summed E-state index contributed by atoms with van der Waals surface area (Å²) in [6.07, 6.45) is 2.02. The molecule has 0 bridgehead atoms. The average Bonchev–Trinajstić information content (AvgIpc) is 3.02. The van der Waals surface area contributed by atoms with Crippen LogP contribution in [0.5, 0.6) is 0 Å². The van der Waals surface area contributed by atoms with Crippen LogP contribution in [0.2, 0.25) is 0 Å². The summed E-state index contributed by atoms with van der Waals surface area (Å²) in [7, 11) is 0. The summed E-state index contributed by atoms with van der Waals surface area (Å²) in [6.45, 7) is 5.27. The number of likely N-dealkylation sites (tertiary alicyclic amines) is 1. The van der Waals surface area contributed by atoms with E-state index in [9.17, 15) is 9.59 Å². The molecular formula is C19H22N2O3S. The summed E-state index contributed by atoms with van der Waals surface area (Å²) in [5, 5.41) is 0.779. The highest BCUT2D eigenvalue weighted by Gasteiger charge is 2.23. The Morgan fingerprint density at radius 2 is 1.92 bits per heavy atom. The Morgan fingerprint density at radius 3 is 2.60 bits per heavy atom. The second-order valence-electron chi connectivity index (χ2n) is 6.44. The van der Waals surface area contributed by atoms with Crippen LogP contribution >= 0.6 is 11.3 Å². The van der Waals surface area contributed by atoms with Crippen LogP contribution in [0.25, 0.3) is 10.6 Å². The molecule has 0 unspecified atom stereocenters. The molecule has 1 amide bonds. The van der Waals surface area contributed by atoms with Crippen LogP contribution in [0.1, 0.15) is 35.1 Å². The fourth-order valence-electron chi connectivity index (χ4n) is 2.83. The van der Waals surface area contributed by atoms with E-state index in [0.29, 0.717) is 16.5 Å². The predicted octanol–water partition coefficient (Wildman–Crippen LogP) is 3.53. The molecule has 0 saturated carbocycles. The van der Waals surface area contributed by atoms with Crippen molar-refractivity contribution in [3.63, 3.8) is 0 Å². The molecule has 1 fully saturated rings. The van der Waals surface area contributed by atoms with Gasteiger partial charge in [0.05, 0.1) is 5.69 Å². The zero-order valence-corrected chi connectivity index (χ0v) is 15.3. The average molecular weight is 358 g/mol. The van der Waals surface area contributed by atoms with Gasteiger partial charge in [-0.05, 0) is 25.7 Å². The first-order valence-electron chi connectivity index (χ1n) is 8.52. The number of carbonyl (C=O) groups excluding carboxylic acids is 2. The van der Waals surface area contributed by atoms with Gasteiger partial charge in [-0.3, -0.25) is 4.79 Å². The largest absolute Gasteiger partial charge is 0.451 e. The smallest absolute Gasteiger partial charge is 0.350 e. The first-order chi connectivity index (χ1) is 12.0. The molecule has 1 aromatic carbocycles. The number of thiazole rings is 1. The van der Waals surface area contributed by atoms with Crippen molar-refractivity contribution in [3.05, 3.63) is 40.9 Å². The minimum Gasteiger partial charge on any atom is -0.451 e. The summed E-state index contributed by atoms with van der Waals surface area (Å²) < 4.78 is 5.24. The molecule has 132 valence electrons. The molecule has 0 radical (unpaired) electrons. The van der Waals surface area contributed by atoms with E-state index < -0.39 is 5.97 Å². The van der Waals surface area contributed by atoms with E-state index in [1.54, 1.807) is 11.8 Å². The number of ether oxygens (including phenoxy) is 1. The lowest BCUT2D eigenvalue weighted by atomic mass is 9.99. The van der Waals surface area contributed by atoms with E-state index in [2.05, 4.69) is 11.9 Å². The van der Waals surface area contributed by atoms with Crippen LogP contribution in [0.15, 0.2) is 30.3 Å². The highest BCUT2D eigenvalue weighted by molar-refractivity contribution is 7.17. The highest BCUT2D eigenvalue weighted by Crippen LogP contribution is 2.28. The lowest BCUT2D eigenvalue weighted by molar-refractivity contribution is -0.135. The van der Waals surface area contributed by atoms with Gasteiger partial charge in [0.1, 0.15) is 9.88 Å². The number of rotatable bonds is 4. The number of hydrogen-bond donors (Lipinski definition) is 0. The monoisotopic (exact) mass is 358 g/mol. The standard InChI is InChI=1S/C19H22N2O3S/c1-13-8-10-21(11-9-13)16(22)12-24-19(23)17-14(2)20-18(25-17)15-6-4-3-5-7-15/h3-7,13H,8-12H2,1-2H3. The van der Waals surface area contributed by atoms with Crippen LogP contribution < -0.4 is 0 Å². The van der Waals surface area contributed by atoms with Crippen molar-refractivity contribution in [1.82, 2.24) is 9.88 Å². The minimum atomic E-state index is -0.476. The van der Waals surface area contributed by atoms with Gasteiger partial charge in [0, 0.05) is 18.7 Å². The summed E-state index contributed by atoms with van der Waals surface area (Å²) in [5.41, 5.74) is 1.60. The normalized spacial score (nSPS) is 15.2. The van der Waals surface area contributed by atoms with E-state index in [0.717, 1.165) is 36.5 Å². The summed E-state index contributed by atoms with van der Waals surface area (Å²) in [6, 6.07) is 9.71. The van der Waals surface area contributed by atoms with Crippen molar-refractivity contribution in [2.75, 3.05) is 19.7 Å². The first-order valence-corrected chi connectivity index (χ1v) is 9.34. The van der Waals surface area contributed by atoms with Gasteiger partial charge in [-0.15, -0.1) is 11.3 Å². The molecule has 0 atom stereocenters. The van der Waals surface area contributed by atoms with Gasteiger partial charge < -0.3 is 9.64 Å². The van der Waals surface area contributed by atoms with Gasteiger partial charge in [-0.25, -0.2) is 9.78 Å². The van der Waals surface area contributed by atoms with Gasteiger partial charge in [-0.1, -0.05) is 37.3 Å². The third kappa shape index (κ3) is 4.25. The first kappa shape index (κ1) is 17.6. The third-order valence-electron chi connectivity index (χ3n) is 4.47. The Hall–Kier alpha value is -2.21. The van der Waals surface area contributed by atoms with Crippen molar-refractivity contribution < 1.29 is 14.3 Å². The summed E-state index contributed by atoms with van der Waals surface area (Å²) in [5.74, 6) is 0.0597. The molecule has 1 aliphatic rings.